The van der Waals surface area contributed by atoms with Gasteiger partial charge in [-0.2, -0.15) is 0 Å². The van der Waals surface area contributed by atoms with Crippen LogP contribution < -0.4 is 5.32 Å². The van der Waals surface area contributed by atoms with Gasteiger partial charge in [0.25, 0.3) is 5.91 Å². The molecular formula is C19H19N3O. The summed E-state index contributed by atoms with van der Waals surface area (Å²) in [7, 11) is 3.58. The van der Waals surface area contributed by atoms with Crippen LogP contribution >= 0.6 is 0 Å². The van der Waals surface area contributed by atoms with Crippen LogP contribution in [0, 0.1) is 0 Å². The molecule has 1 aromatic heterocycles. The van der Waals surface area contributed by atoms with Crippen LogP contribution in [0.1, 0.15) is 15.9 Å². The number of benzene rings is 2. The van der Waals surface area contributed by atoms with Gasteiger partial charge >= 0.3 is 0 Å². The standard InChI is InChI=1S/C19H19N3O/c1-20-18-17(11-6-12-21-18)19(23)22(2)13-15-9-5-8-14-7-3-4-10-16(14)15/h3-12H,13H2,1-2H3,(H,20,21). The van der Waals surface area contributed by atoms with Crippen molar-refractivity contribution in [1.82, 2.24) is 9.88 Å². The van der Waals surface area contributed by atoms with Crippen molar-refractivity contribution in [2.24, 2.45) is 0 Å². The highest BCUT2D eigenvalue weighted by atomic mass is 16.2. The van der Waals surface area contributed by atoms with Crippen molar-refractivity contribution in [2.75, 3.05) is 19.4 Å². The predicted molar refractivity (Wildman–Crippen MR) is 93.5 cm³/mol. The Morgan fingerprint density at radius 3 is 2.70 bits per heavy atom. The Labute approximate surface area is 135 Å². The number of nitrogens with one attached hydrogen (secondary N) is 1. The van der Waals surface area contributed by atoms with Gasteiger partial charge in [0.2, 0.25) is 0 Å². The van der Waals surface area contributed by atoms with E-state index in [2.05, 4.69) is 34.6 Å². The molecule has 0 radical (unpaired) electrons. The second-order valence-electron chi connectivity index (χ2n) is 5.45. The highest BCUT2D eigenvalue weighted by Gasteiger charge is 2.16. The van der Waals surface area contributed by atoms with E-state index in [1.807, 2.05) is 25.2 Å². The summed E-state index contributed by atoms with van der Waals surface area (Å²) in [6.07, 6.45) is 1.67. The summed E-state index contributed by atoms with van der Waals surface area (Å²) < 4.78 is 0. The number of aromatic nitrogens is 1. The molecule has 0 saturated heterocycles. The van der Waals surface area contributed by atoms with Crippen molar-refractivity contribution in [3.8, 4) is 0 Å². The second-order valence-corrected chi connectivity index (χ2v) is 5.45. The smallest absolute Gasteiger partial charge is 0.257 e. The average molecular weight is 305 g/mol. The Morgan fingerprint density at radius 1 is 1.09 bits per heavy atom. The van der Waals surface area contributed by atoms with Crippen molar-refractivity contribution in [3.63, 3.8) is 0 Å². The number of carbonyl (C=O) groups is 1. The first kappa shape index (κ1) is 15.0. The van der Waals surface area contributed by atoms with Gasteiger partial charge in [0.15, 0.2) is 0 Å². The number of hydrogen-bond acceptors (Lipinski definition) is 3. The number of pyridine rings is 1. The molecule has 2 aromatic carbocycles. The van der Waals surface area contributed by atoms with E-state index in [4.69, 9.17) is 0 Å². The molecule has 0 aliphatic heterocycles. The van der Waals surface area contributed by atoms with E-state index in [0.29, 0.717) is 17.9 Å². The summed E-state index contributed by atoms with van der Waals surface area (Å²) in [6, 6.07) is 18.0. The molecule has 1 N–H and O–H groups in total. The molecule has 3 aromatic rings. The summed E-state index contributed by atoms with van der Waals surface area (Å²) >= 11 is 0. The molecule has 0 fully saturated rings. The maximum atomic E-state index is 12.7. The first-order chi connectivity index (χ1) is 11.2. The van der Waals surface area contributed by atoms with Crippen LogP contribution in [0.2, 0.25) is 0 Å². The predicted octanol–water partition coefficient (Wildman–Crippen LogP) is 3.55. The van der Waals surface area contributed by atoms with Gasteiger partial charge in [-0.3, -0.25) is 4.79 Å². The van der Waals surface area contributed by atoms with Crippen LogP contribution in [-0.4, -0.2) is 29.9 Å². The Kier molecular flexibility index (Phi) is 4.24. The number of carbonyl (C=O) groups excluding carboxylic acids is 1. The highest BCUT2D eigenvalue weighted by Crippen LogP contribution is 2.21. The molecule has 116 valence electrons. The monoisotopic (exact) mass is 305 g/mol. The zero-order chi connectivity index (χ0) is 16.2. The normalized spacial score (nSPS) is 10.5. The maximum Gasteiger partial charge on any atom is 0.257 e. The first-order valence-electron chi connectivity index (χ1n) is 7.55. The second kappa shape index (κ2) is 6.48. The topological polar surface area (TPSA) is 45.2 Å². The Bertz CT molecular complexity index is 839. The summed E-state index contributed by atoms with van der Waals surface area (Å²) in [4.78, 5) is 18.6. The SMILES string of the molecule is CNc1ncccc1C(=O)N(C)Cc1cccc2ccccc12. The van der Waals surface area contributed by atoms with Gasteiger partial charge in [-0.15, -0.1) is 0 Å². The third kappa shape index (κ3) is 3.01. The van der Waals surface area contributed by atoms with Crippen LogP contribution in [-0.2, 0) is 6.54 Å². The third-order valence-electron chi connectivity index (χ3n) is 3.91. The van der Waals surface area contributed by atoms with E-state index in [1.165, 1.54) is 10.8 Å². The lowest BCUT2D eigenvalue weighted by atomic mass is 10.0. The van der Waals surface area contributed by atoms with Gasteiger partial charge in [-0.25, -0.2) is 4.98 Å². The minimum atomic E-state index is -0.0459. The molecular weight excluding hydrogens is 286 g/mol. The van der Waals surface area contributed by atoms with Crippen LogP contribution in [0.3, 0.4) is 0 Å². The maximum absolute atomic E-state index is 12.7. The molecule has 0 spiro atoms. The minimum absolute atomic E-state index is 0.0459. The number of anilines is 1. The van der Waals surface area contributed by atoms with E-state index < -0.39 is 0 Å². The zero-order valence-corrected chi connectivity index (χ0v) is 13.3. The van der Waals surface area contributed by atoms with Crippen LogP contribution in [0.25, 0.3) is 10.8 Å². The molecule has 1 amide bonds. The number of amides is 1. The molecule has 0 bridgehead atoms. The van der Waals surface area contributed by atoms with E-state index in [-0.39, 0.29) is 5.91 Å². The van der Waals surface area contributed by atoms with Crippen molar-refractivity contribution in [2.45, 2.75) is 6.54 Å². The molecule has 0 saturated carbocycles. The molecule has 4 nitrogen and oxygen atoms in total. The third-order valence-corrected chi connectivity index (χ3v) is 3.91. The van der Waals surface area contributed by atoms with Gasteiger partial charge in [0.05, 0.1) is 5.56 Å². The molecule has 0 aliphatic carbocycles. The fourth-order valence-electron chi connectivity index (χ4n) is 2.74. The lowest BCUT2D eigenvalue weighted by Crippen LogP contribution is -2.27. The van der Waals surface area contributed by atoms with Crippen molar-refractivity contribution < 1.29 is 4.79 Å². The van der Waals surface area contributed by atoms with Crippen molar-refractivity contribution in [1.29, 1.82) is 0 Å². The highest BCUT2D eigenvalue weighted by molar-refractivity contribution is 5.98. The molecule has 4 heteroatoms. The van der Waals surface area contributed by atoms with Crippen LogP contribution in [0.15, 0.2) is 60.8 Å². The molecule has 0 unspecified atom stereocenters. The van der Waals surface area contributed by atoms with Crippen LogP contribution in [0.5, 0.6) is 0 Å². The summed E-state index contributed by atoms with van der Waals surface area (Å²) in [6.45, 7) is 0.554. The van der Waals surface area contributed by atoms with Crippen molar-refractivity contribution >= 4 is 22.5 Å². The van der Waals surface area contributed by atoms with Gasteiger partial charge in [-0.05, 0) is 28.5 Å². The van der Waals surface area contributed by atoms with E-state index in [9.17, 15) is 4.79 Å². The molecule has 0 aliphatic rings. The van der Waals surface area contributed by atoms with Gasteiger partial charge in [0.1, 0.15) is 5.82 Å². The lowest BCUT2D eigenvalue weighted by Gasteiger charge is -2.19. The minimum Gasteiger partial charge on any atom is -0.372 e. The number of rotatable bonds is 4. The van der Waals surface area contributed by atoms with E-state index >= 15 is 0 Å². The van der Waals surface area contributed by atoms with Gasteiger partial charge in [0, 0.05) is 26.8 Å². The summed E-state index contributed by atoms with van der Waals surface area (Å²) in [5.74, 6) is 0.553. The first-order valence-corrected chi connectivity index (χ1v) is 7.55. The summed E-state index contributed by atoms with van der Waals surface area (Å²) in [5.41, 5.74) is 1.71. The van der Waals surface area contributed by atoms with Crippen molar-refractivity contribution in [3.05, 3.63) is 71.9 Å². The van der Waals surface area contributed by atoms with E-state index in [0.717, 1.165) is 5.56 Å². The van der Waals surface area contributed by atoms with E-state index in [1.54, 1.807) is 30.3 Å². The Hall–Kier alpha value is -2.88. The molecule has 0 atom stereocenters. The lowest BCUT2D eigenvalue weighted by molar-refractivity contribution is 0.0786. The Morgan fingerprint density at radius 2 is 1.87 bits per heavy atom. The molecule has 23 heavy (non-hydrogen) atoms. The fraction of sp³-hybridized carbons (Fsp3) is 0.158. The average Bonchev–Trinajstić information content (AvgIpc) is 2.61. The number of nitrogens with zero attached hydrogens (tertiary/aromatic N) is 2. The summed E-state index contributed by atoms with van der Waals surface area (Å²) in [5, 5.41) is 5.33. The fourth-order valence-corrected chi connectivity index (χ4v) is 2.74. The molecule has 1 heterocycles. The van der Waals surface area contributed by atoms with Gasteiger partial charge < -0.3 is 10.2 Å². The van der Waals surface area contributed by atoms with Crippen LogP contribution in [0.4, 0.5) is 5.82 Å². The Balaban J connectivity index is 1.88. The largest absolute Gasteiger partial charge is 0.372 e. The number of hydrogen-bond donors (Lipinski definition) is 1. The quantitative estimate of drug-likeness (QED) is 0.802. The molecule has 3 rings (SSSR count). The number of fused-ring (bicyclic) bond motifs is 1. The van der Waals surface area contributed by atoms with Gasteiger partial charge in [-0.1, -0.05) is 42.5 Å². The zero-order valence-electron chi connectivity index (χ0n) is 13.3.